The first-order valence-electron chi connectivity index (χ1n) is 7.18. The molecule has 0 radical (unpaired) electrons. The largest absolute Gasteiger partial charge is 0.348 e. The first-order valence-corrected chi connectivity index (χ1v) is 7.18. The van der Waals surface area contributed by atoms with Crippen LogP contribution in [0.4, 0.5) is 5.69 Å². The smallest absolute Gasteiger partial charge is 0.313 e. The van der Waals surface area contributed by atoms with Crippen molar-refractivity contribution >= 4 is 17.5 Å². The number of aromatic nitrogens is 2. The Kier molecular flexibility index (Phi) is 5.30. The van der Waals surface area contributed by atoms with Gasteiger partial charge in [0, 0.05) is 31.2 Å². The number of nitrogens with zero attached hydrogens (tertiary/aromatic N) is 2. The minimum absolute atomic E-state index is 0.442. The molecule has 0 saturated carbocycles. The molecular formula is C16H20N4O2. The minimum Gasteiger partial charge on any atom is -0.348 e. The number of amides is 2. The summed E-state index contributed by atoms with van der Waals surface area (Å²) in [5.74, 6) is -1.27. The molecule has 0 aliphatic heterocycles. The lowest BCUT2D eigenvalue weighted by molar-refractivity contribution is -0.136. The second-order valence-electron chi connectivity index (χ2n) is 5.24. The molecule has 0 saturated heterocycles. The Morgan fingerprint density at radius 1 is 1.14 bits per heavy atom. The number of rotatable bonds is 5. The molecule has 0 fully saturated rings. The Balaban J connectivity index is 1.75. The number of nitrogens with one attached hydrogen (secondary N) is 2. The molecule has 1 aromatic heterocycles. The molecule has 0 aliphatic rings. The van der Waals surface area contributed by atoms with Crippen molar-refractivity contribution in [1.82, 2.24) is 14.9 Å². The van der Waals surface area contributed by atoms with Crippen LogP contribution in [0.25, 0.3) is 0 Å². The quantitative estimate of drug-likeness (QED) is 0.651. The van der Waals surface area contributed by atoms with Gasteiger partial charge in [0.2, 0.25) is 0 Å². The highest BCUT2D eigenvalue weighted by atomic mass is 16.2. The number of anilines is 1. The van der Waals surface area contributed by atoms with Crippen molar-refractivity contribution in [2.75, 3.05) is 11.9 Å². The Morgan fingerprint density at radius 2 is 1.86 bits per heavy atom. The van der Waals surface area contributed by atoms with E-state index in [2.05, 4.69) is 15.6 Å². The average Bonchev–Trinajstić information content (AvgIpc) is 2.95. The second kappa shape index (κ2) is 7.40. The van der Waals surface area contributed by atoms with Gasteiger partial charge in [0.15, 0.2) is 0 Å². The maximum Gasteiger partial charge on any atom is 0.313 e. The summed E-state index contributed by atoms with van der Waals surface area (Å²) in [4.78, 5) is 27.5. The number of hydrogen-bond donors (Lipinski definition) is 2. The first-order chi connectivity index (χ1) is 10.5. The van der Waals surface area contributed by atoms with E-state index in [1.807, 2.05) is 42.8 Å². The van der Waals surface area contributed by atoms with Crippen LogP contribution < -0.4 is 10.6 Å². The molecule has 2 N–H and O–H groups in total. The summed E-state index contributed by atoms with van der Waals surface area (Å²) < 4.78 is 1.92. The molecule has 1 heterocycles. The summed E-state index contributed by atoms with van der Waals surface area (Å²) in [7, 11) is 0. The number of imidazole rings is 1. The summed E-state index contributed by atoms with van der Waals surface area (Å²) in [5.41, 5.74) is 2.71. The SMILES string of the molecule is Cc1cc(C)cc(NC(=O)C(=O)NCCCn2ccnc2)c1. The lowest BCUT2D eigenvalue weighted by atomic mass is 10.1. The Bertz CT molecular complexity index is 630. The van der Waals surface area contributed by atoms with Gasteiger partial charge in [-0.15, -0.1) is 0 Å². The molecule has 6 nitrogen and oxygen atoms in total. The lowest BCUT2D eigenvalue weighted by Gasteiger charge is -2.08. The first kappa shape index (κ1) is 15.8. The molecule has 2 aromatic rings. The zero-order valence-electron chi connectivity index (χ0n) is 12.8. The third kappa shape index (κ3) is 4.73. The van der Waals surface area contributed by atoms with Crippen molar-refractivity contribution in [2.24, 2.45) is 0 Å². The zero-order chi connectivity index (χ0) is 15.9. The topological polar surface area (TPSA) is 76.0 Å². The minimum atomic E-state index is -0.646. The van der Waals surface area contributed by atoms with Crippen LogP contribution in [-0.2, 0) is 16.1 Å². The molecule has 0 spiro atoms. The van der Waals surface area contributed by atoms with Crippen molar-refractivity contribution < 1.29 is 9.59 Å². The molecule has 0 bridgehead atoms. The van der Waals surface area contributed by atoms with Crippen LogP contribution in [0.2, 0.25) is 0 Å². The van der Waals surface area contributed by atoms with E-state index < -0.39 is 11.8 Å². The van der Waals surface area contributed by atoms with E-state index in [0.29, 0.717) is 12.2 Å². The number of carbonyl (C=O) groups excluding carboxylic acids is 2. The normalized spacial score (nSPS) is 10.3. The highest BCUT2D eigenvalue weighted by Crippen LogP contribution is 2.13. The van der Waals surface area contributed by atoms with Crippen LogP contribution in [0.15, 0.2) is 36.9 Å². The van der Waals surface area contributed by atoms with Gasteiger partial charge in [-0.2, -0.15) is 0 Å². The highest BCUT2D eigenvalue weighted by Gasteiger charge is 2.13. The summed E-state index contributed by atoms with van der Waals surface area (Å²) in [6.07, 6.45) is 6.01. The number of aryl methyl sites for hydroxylation is 3. The fraction of sp³-hybridized carbons (Fsp3) is 0.312. The Morgan fingerprint density at radius 3 is 2.50 bits per heavy atom. The standard InChI is InChI=1S/C16H20N4O2/c1-12-8-13(2)10-14(9-12)19-16(22)15(21)18-4-3-6-20-7-5-17-11-20/h5,7-11H,3-4,6H2,1-2H3,(H,18,21)(H,19,22). The van der Waals surface area contributed by atoms with Gasteiger partial charge in [-0.1, -0.05) is 6.07 Å². The summed E-state index contributed by atoms with van der Waals surface area (Å²) in [6, 6.07) is 5.67. The lowest BCUT2D eigenvalue weighted by Crippen LogP contribution is -2.36. The molecule has 2 rings (SSSR count). The van der Waals surface area contributed by atoms with E-state index >= 15 is 0 Å². The highest BCUT2D eigenvalue weighted by molar-refractivity contribution is 6.39. The van der Waals surface area contributed by atoms with Gasteiger partial charge in [-0.05, 0) is 43.5 Å². The van der Waals surface area contributed by atoms with E-state index in [4.69, 9.17) is 0 Å². The van der Waals surface area contributed by atoms with Gasteiger partial charge >= 0.3 is 11.8 Å². The average molecular weight is 300 g/mol. The van der Waals surface area contributed by atoms with Gasteiger partial charge in [0.25, 0.3) is 0 Å². The van der Waals surface area contributed by atoms with E-state index in [9.17, 15) is 9.59 Å². The fourth-order valence-electron chi connectivity index (χ4n) is 2.20. The summed E-state index contributed by atoms with van der Waals surface area (Å²) >= 11 is 0. The van der Waals surface area contributed by atoms with Crippen LogP contribution in [0.5, 0.6) is 0 Å². The molecule has 0 unspecified atom stereocenters. The van der Waals surface area contributed by atoms with Crippen LogP contribution >= 0.6 is 0 Å². The molecular weight excluding hydrogens is 280 g/mol. The number of hydrogen-bond acceptors (Lipinski definition) is 3. The molecule has 22 heavy (non-hydrogen) atoms. The third-order valence-corrected chi connectivity index (χ3v) is 3.12. The van der Waals surface area contributed by atoms with Crippen LogP contribution in [0, 0.1) is 13.8 Å². The van der Waals surface area contributed by atoms with Crippen LogP contribution in [0.1, 0.15) is 17.5 Å². The third-order valence-electron chi connectivity index (χ3n) is 3.12. The van der Waals surface area contributed by atoms with Crippen LogP contribution in [0.3, 0.4) is 0 Å². The molecule has 0 aliphatic carbocycles. The van der Waals surface area contributed by atoms with Gasteiger partial charge in [-0.3, -0.25) is 9.59 Å². The van der Waals surface area contributed by atoms with Crippen LogP contribution in [-0.4, -0.2) is 27.9 Å². The van der Waals surface area contributed by atoms with Gasteiger partial charge < -0.3 is 15.2 Å². The van der Waals surface area contributed by atoms with E-state index in [1.54, 1.807) is 12.5 Å². The van der Waals surface area contributed by atoms with Gasteiger partial charge in [0.1, 0.15) is 0 Å². The predicted molar refractivity (Wildman–Crippen MR) is 84.4 cm³/mol. The van der Waals surface area contributed by atoms with Crippen molar-refractivity contribution in [3.63, 3.8) is 0 Å². The van der Waals surface area contributed by atoms with Crippen molar-refractivity contribution in [3.8, 4) is 0 Å². The predicted octanol–water partition coefficient (Wildman–Crippen LogP) is 1.64. The fourth-order valence-corrected chi connectivity index (χ4v) is 2.20. The summed E-state index contributed by atoms with van der Waals surface area (Å²) in [5, 5.41) is 5.22. The second-order valence-corrected chi connectivity index (χ2v) is 5.24. The Labute approximate surface area is 129 Å². The maximum atomic E-state index is 11.8. The number of carbonyl (C=O) groups is 2. The van der Waals surface area contributed by atoms with E-state index in [1.165, 1.54) is 0 Å². The van der Waals surface area contributed by atoms with Crippen molar-refractivity contribution in [2.45, 2.75) is 26.8 Å². The van der Waals surface area contributed by atoms with Gasteiger partial charge in [-0.25, -0.2) is 4.98 Å². The summed E-state index contributed by atoms with van der Waals surface area (Å²) in [6.45, 7) is 5.08. The number of benzene rings is 1. The molecule has 1 aromatic carbocycles. The molecule has 116 valence electrons. The zero-order valence-corrected chi connectivity index (χ0v) is 12.8. The van der Waals surface area contributed by atoms with Crippen molar-refractivity contribution in [3.05, 3.63) is 48.0 Å². The molecule has 6 heteroatoms. The monoisotopic (exact) mass is 300 g/mol. The molecule has 0 atom stereocenters. The van der Waals surface area contributed by atoms with E-state index in [-0.39, 0.29) is 0 Å². The van der Waals surface area contributed by atoms with Gasteiger partial charge in [0.05, 0.1) is 6.33 Å². The molecule has 2 amide bonds. The Hall–Kier alpha value is -2.63. The maximum absolute atomic E-state index is 11.8. The van der Waals surface area contributed by atoms with Crippen molar-refractivity contribution in [1.29, 1.82) is 0 Å². The van der Waals surface area contributed by atoms with E-state index in [0.717, 1.165) is 24.1 Å².